The second-order valence-electron chi connectivity index (χ2n) is 2.40. The van der Waals surface area contributed by atoms with Gasteiger partial charge in [-0.2, -0.15) is 8.78 Å². The summed E-state index contributed by atoms with van der Waals surface area (Å²) in [5.74, 6) is 0.0567. The molecule has 0 aliphatic carbocycles. The minimum absolute atomic E-state index is 0.0567. The summed E-state index contributed by atoms with van der Waals surface area (Å²) in [4.78, 5) is 0. The van der Waals surface area contributed by atoms with Crippen molar-refractivity contribution in [2.45, 2.75) is 6.61 Å². The standard InChI is InChI=1S/C8H8F2N2OS/c9-7(10)13-6-3-1-2-5(4-6)12-8(11)14/h1-4,7H,(H3,11,12,14). The first-order chi connectivity index (χ1) is 6.58. The molecule has 14 heavy (non-hydrogen) atoms. The minimum atomic E-state index is -2.84. The number of alkyl halides is 2. The van der Waals surface area contributed by atoms with Crippen LogP contribution in [0.4, 0.5) is 14.5 Å². The molecule has 0 saturated heterocycles. The molecule has 1 aromatic rings. The van der Waals surface area contributed by atoms with Crippen LogP contribution in [-0.4, -0.2) is 11.7 Å². The number of thiocarbonyl (C=S) groups is 1. The van der Waals surface area contributed by atoms with E-state index in [-0.39, 0.29) is 10.9 Å². The van der Waals surface area contributed by atoms with E-state index in [9.17, 15) is 8.78 Å². The molecule has 6 heteroatoms. The summed E-state index contributed by atoms with van der Waals surface area (Å²) in [6.07, 6.45) is 0. The molecular weight excluding hydrogens is 210 g/mol. The van der Waals surface area contributed by atoms with Crippen molar-refractivity contribution < 1.29 is 13.5 Å². The maximum Gasteiger partial charge on any atom is 0.387 e. The maximum atomic E-state index is 11.8. The number of benzene rings is 1. The lowest BCUT2D eigenvalue weighted by atomic mass is 10.3. The summed E-state index contributed by atoms with van der Waals surface area (Å²) >= 11 is 4.59. The van der Waals surface area contributed by atoms with E-state index in [0.29, 0.717) is 5.69 Å². The van der Waals surface area contributed by atoms with E-state index in [0.717, 1.165) is 0 Å². The lowest BCUT2D eigenvalue weighted by molar-refractivity contribution is -0.0497. The molecule has 0 aromatic heterocycles. The highest BCUT2D eigenvalue weighted by Crippen LogP contribution is 2.18. The first kappa shape index (κ1) is 10.6. The van der Waals surface area contributed by atoms with Gasteiger partial charge in [-0.05, 0) is 24.4 Å². The fraction of sp³-hybridized carbons (Fsp3) is 0.125. The average Bonchev–Trinajstić information content (AvgIpc) is 2.01. The number of rotatable bonds is 3. The third-order valence-corrected chi connectivity index (χ3v) is 1.43. The summed E-state index contributed by atoms with van der Waals surface area (Å²) in [6.45, 7) is -2.84. The molecule has 0 aliphatic heterocycles. The molecule has 3 N–H and O–H groups in total. The molecule has 3 nitrogen and oxygen atoms in total. The Balaban J connectivity index is 2.73. The van der Waals surface area contributed by atoms with Crippen LogP contribution in [0.25, 0.3) is 0 Å². The molecule has 1 rings (SSSR count). The molecular formula is C8H8F2N2OS. The zero-order valence-corrected chi connectivity index (χ0v) is 7.85. The molecule has 0 amide bonds. The molecule has 76 valence electrons. The normalized spacial score (nSPS) is 9.93. The van der Waals surface area contributed by atoms with E-state index in [1.807, 2.05) is 0 Å². The Hall–Kier alpha value is -1.43. The number of ether oxygens (including phenoxy) is 1. The van der Waals surface area contributed by atoms with Crippen molar-refractivity contribution in [2.24, 2.45) is 5.73 Å². The maximum absolute atomic E-state index is 11.8. The van der Waals surface area contributed by atoms with Gasteiger partial charge in [0, 0.05) is 11.8 Å². The van der Waals surface area contributed by atoms with Crippen molar-refractivity contribution in [1.29, 1.82) is 0 Å². The predicted molar refractivity (Wildman–Crippen MR) is 53.5 cm³/mol. The molecule has 0 heterocycles. The summed E-state index contributed by atoms with van der Waals surface area (Å²) in [7, 11) is 0. The van der Waals surface area contributed by atoms with Crippen LogP contribution in [0.15, 0.2) is 24.3 Å². The van der Waals surface area contributed by atoms with Gasteiger partial charge in [-0.1, -0.05) is 6.07 Å². The van der Waals surface area contributed by atoms with Crippen molar-refractivity contribution in [3.05, 3.63) is 24.3 Å². The minimum Gasteiger partial charge on any atom is -0.435 e. The number of hydrogen-bond donors (Lipinski definition) is 2. The monoisotopic (exact) mass is 218 g/mol. The summed E-state index contributed by atoms with van der Waals surface area (Å²) in [6, 6.07) is 5.98. The van der Waals surface area contributed by atoms with Crippen LogP contribution in [0.1, 0.15) is 0 Å². The first-order valence-electron chi connectivity index (χ1n) is 3.69. The number of anilines is 1. The molecule has 0 spiro atoms. The largest absolute Gasteiger partial charge is 0.435 e. The van der Waals surface area contributed by atoms with Gasteiger partial charge < -0.3 is 15.8 Å². The van der Waals surface area contributed by atoms with Gasteiger partial charge >= 0.3 is 6.61 Å². The number of halogens is 2. The van der Waals surface area contributed by atoms with Gasteiger partial charge in [0.25, 0.3) is 0 Å². The topological polar surface area (TPSA) is 47.3 Å². The van der Waals surface area contributed by atoms with E-state index in [1.165, 1.54) is 12.1 Å². The van der Waals surface area contributed by atoms with Crippen molar-refractivity contribution in [3.8, 4) is 5.75 Å². The van der Waals surface area contributed by atoms with Gasteiger partial charge in [-0.15, -0.1) is 0 Å². The second-order valence-corrected chi connectivity index (χ2v) is 2.84. The smallest absolute Gasteiger partial charge is 0.387 e. The van der Waals surface area contributed by atoms with Gasteiger partial charge in [0.2, 0.25) is 0 Å². The fourth-order valence-corrected chi connectivity index (χ4v) is 1.01. The lowest BCUT2D eigenvalue weighted by Gasteiger charge is -2.07. The Morgan fingerprint density at radius 1 is 1.50 bits per heavy atom. The molecule has 0 fully saturated rings. The molecule has 1 aromatic carbocycles. The van der Waals surface area contributed by atoms with Crippen LogP contribution in [0, 0.1) is 0 Å². The van der Waals surface area contributed by atoms with Crippen LogP contribution in [0.5, 0.6) is 5.75 Å². The van der Waals surface area contributed by atoms with Crippen molar-refractivity contribution >= 4 is 23.0 Å². The molecule has 0 unspecified atom stereocenters. The lowest BCUT2D eigenvalue weighted by Crippen LogP contribution is -2.18. The molecule has 0 bridgehead atoms. The number of hydrogen-bond acceptors (Lipinski definition) is 2. The Kier molecular flexibility index (Phi) is 3.58. The van der Waals surface area contributed by atoms with Gasteiger partial charge in [0.05, 0.1) is 0 Å². The highest BCUT2D eigenvalue weighted by atomic mass is 32.1. The van der Waals surface area contributed by atoms with Gasteiger partial charge in [-0.3, -0.25) is 0 Å². The highest BCUT2D eigenvalue weighted by molar-refractivity contribution is 7.80. The quantitative estimate of drug-likeness (QED) is 0.761. The SMILES string of the molecule is NC(=S)Nc1cccc(OC(F)F)c1. The fourth-order valence-electron chi connectivity index (χ4n) is 0.892. The number of nitrogens with one attached hydrogen (secondary N) is 1. The third kappa shape index (κ3) is 3.53. The third-order valence-electron chi connectivity index (χ3n) is 1.33. The first-order valence-corrected chi connectivity index (χ1v) is 4.10. The summed E-state index contributed by atoms with van der Waals surface area (Å²) in [5.41, 5.74) is 5.72. The van der Waals surface area contributed by atoms with Crippen molar-refractivity contribution in [3.63, 3.8) is 0 Å². The van der Waals surface area contributed by atoms with Crippen LogP contribution in [0.3, 0.4) is 0 Å². The van der Waals surface area contributed by atoms with E-state index in [1.54, 1.807) is 12.1 Å². The van der Waals surface area contributed by atoms with Crippen LogP contribution in [-0.2, 0) is 0 Å². The van der Waals surface area contributed by atoms with Crippen molar-refractivity contribution in [2.75, 3.05) is 5.32 Å². The van der Waals surface area contributed by atoms with E-state index < -0.39 is 6.61 Å². The Bertz CT molecular complexity index is 333. The highest BCUT2D eigenvalue weighted by Gasteiger charge is 2.04. The number of nitrogens with two attached hydrogens (primary N) is 1. The Morgan fingerprint density at radius 2 is 2.21 bits per heavy atom. The zero-order valence-electron chi connectivity index (χ0n) is 7.04. The molecule has 0 saturated carbocycles. The van der Waals surface area contributed by atoms with Crippen molar-refractivity contribution in [1.82, 2.24) is 0 Å². The second kappa shape index (κ2) is 4.71. The van der Waals surface area contributed by atoms with Crippen LogP contribution < -0.4 is 15.8 Å². The average molecular weight is 218 g/mol. The van der Waals surface area contributed by atoms with E-state index >= 15 is 0 Å². The predicted octanol–water partition coefficient (Wildman–Crippen LogP) is 1.94. The molecule has 0 aliphatic rings. The van der Waals surface area contributed by atoms with E-state index in [4.69, 9.17) is 5.73 Å². The van der Waals surface area contributed by atoms with Gasteiger partial charge in [0.1, 0.15) is 5.75 Å². The molecule has 0 atom stereocenters. The Labute approximate surface area is 84.9 Å². The van der Waals surface area contributed by atoms with Gasteiger partial charge in [-0.25, -0.2) is 0 Å². The Morgan fingerprint density at radius 3 is 2.79 bits per heavy atom. The zero-order chi connectivity index (χ0) is 10.6. The van der Waals surface area contributed by atoms with Crippen LogP contribution in [0.2, 0.25) is 0 Å². The molecule has 0 radical (unpaired) electrons. The summed E-state index contributed by atoms with van der Waals surface area (Å²) < 4.78 is 27.8. The summed E-state index contributed by atoms with van der Waals surface area (Å²) in [5, 5.41) is 2.67. The van der Waals surface area contributed by atoms with Crippen LogP contribution >= 0.6 is 12.2 Å². The van der Waals surface area contributed by atoms with Gasteiger partial charge in [0.15, 0.2) is 5.11 Å². The van der Waals surface area contributed by atoms with E-state index in [2.05, 4.69) is 22.3 Å².